The van der Waals surface area contributed by atoms with Gasteiger partial charge in [0.1, 0.15) is 4.88 Å². The summed E-state index contributed by atoms with van der Waals surface area (Å²) in [6.07, 6.45) is 7.39. The molecule has 1 aromatic carbocycles. The summed E-state index contributed by atoms with van der Waals surface area (Å²) in [6.45, 7) is 2.15. The highest BCUT2D eigenvalue weighted by Gasteiger charge is 2.17. The van der Waals surface area contributed by atoms with Crippen LogP contribution in [0.15, 0.2) is 42.7 Å². The van der Waals surface area contributed by atoms with E-state index in [0.29, 0.717) is 16.5 Å². The van der Waals surface area contributed by atoms with Crippen LogP contribution in [0.2, 0.25) is 5.02 Å². The van der Waals surface area contributed by atoms with Gasteiger partial charge in [-0.1, -0.05) is 35.9 Å². The Morgan fingerprint density at radius 1 is 1.26 bits per heavy atom. The van der Waals surface area contributed by atoms with Gasteiger partial charge in [-0.2, -0.15) is 0 Å². The molecular weight excluding hydrogens is 330 g/mol. The SMILES string of the molecule is CCOC(=O)c1sc2cnccc2c1/C=C\c1ccc(Cl)cc1. The Labute approximate surface area is 143 Å². The quantitative estimate of drug-likeness (QED) is 0.603. The molecule has 0 aliphatic rings. The molecular formula is C18H14ClNO2S. The molecule has 3 aromatic rings. The van der Waals surface area contributed by atoms with Crippen LogP contribution in [0.4, 0.5) is 0 Å². The molecule has 0 spiro atoms. The van der Waals surface area contributed by atoms with Crippen molar-refractivity contribution in [1.82, 2.24) is 4.98 Å². The maximum Gasteiger partial charge on any atom is 0.348 e. The lowest BCUT2D eigenvalue weighted by molar-refractivity contribution is 0.0532. The number of benzene rings is 1. The fourth-order valence-corrected chi connectivity index (χ4v) is 3.42. The Bertz CT molecular complexity index is 868. The standard InChI is InChI=1S/C18H14ClNO2S/c1-2-22-18(21)17-15(14-9-10-20-11-16(14)23-17)8-5-12-3-6-13(19)7-4-12/h3-11H,2H2,1H3/b8-5-. The van der Waals surface area contributed by atoms with E-state index in [1.54, 1.807) is 19.3 Å². The van der Waals surface area contributed by atoms with E-state index < -0.39 is 0 Å². The minimum atomic E-state index is -0.301. The van der Waals surface area contributed by atoms with E-state index in [1.165, 1.54) is 11.3 Å². The molecule has 0 saturated carbocycles. The van der Waals surface area contributed by atoms with Gasteiger partial charge in [-0.05, 0) is 30.7 Å². The van der Waals surface area contributed by atoms with Crippen LogP contribution in [0.25, 0.3) is 22.2 Å². The Balaban J connectivity index is 2.05. The number of aromatic nitrogens is 1. The smallest absolute Gasteiger partial charge is 0.348 e. The zero-order valence-electron chi connectivity index (χ0n) is 12.5. The van der Waals surface area contributed by atoms with Gasteiger partial charge >= 0.3 is 5.97 Å². The predicted molar refractivity (Wildman–Crippen MR) is 96.0 cm³/mol. The minimum Gasteiger partial charge on any atom is -0.462 e. The number of esters is 1. The van der Waals surface area contributed by atoms with Gasteiger partial charge in [0.2, 0.25) is 0 Å². The van der Waals surface area contributed by atoms with E-state index in [9.17, 15) is 4.79 Å². The van der Waals surface area contributed by atoms with E-state index in [1.807, 2.05) is 42.5 Å². The van der Waals surface area contributed by atoms with Gasteiger partial charge in [0.05, 0.1) is 11.3 Å². The van der Waals surface area contributed by atoms with Crippen molar-refractivity contribution in [2.24, 2.45) is 0 Å². The summed E-state index contributed by atoms with van der Waals surface area (Å²) in [6, 6.07) is 9.44. The number of carbonyl (C=O) groups is 1. The number of pyridine rings is 1. The first-order valence-corrected chi connectivity index (χ1v) is 8.35. The van der Waals surface area contributed by atoms with Crippen molar-refractivity contribution in [3.05, 3.63) is 63.8 Å². The van der Waals surface area contributed by atoms with Crippen LogP contribution in [0, 0.1) is 0 Å². The van der Waals surface area contributed by atoms with Gasteiger partial charge < -0.3 is 4.74 Å². The number of ether oxygens (including phenoxy) is 1. The van der Waals surface area contributed by atoms with Crippen LogP contribution < -0.4 is 0 Å². The molecule has 2 heterocycles. The number of fused-ring (bicyclic) bond motifs is 1. The monoisotopic (exact) mass is 343 g/mol. The highest BCUT2D eigenvalue weighted by Crippen LogP contribution is 2.32. The summed E-state index contributed by atoms with van der Waals surface area (Å²) in [5.41, 5.74) is 1.87. The molecule has 3 rings (SSSR count). The number of carbonyl (C=O) groups excluding carboxylic acids is 1. The molecule has 2 aromatic heterocycles. The Morgan fingerprint density at radius 3 is 2.78 bits per heavy atom. The predicted octanol–water partition coefficient (Wildman–Crippen LogP) is 5.30. The van der Waals surface area contributed by atoms with Gasteiger partial charge in [0.15, 0.2) is 0 Å². The topological polar surface area (TPSA) is 39.2 Å². The number of thiophene rings is 1. The van der Waals surface area contributed by atoms with Crippen molar-refractivity contribution in [2.45, 2.75) is 6.92 Å². The molecule has 0 N–H and O–H groups in total. The summed E-state index contributed by atoms with van der Waals surface area (Å²) >= 11 is 7.30. The second-order valence-corrected chi connectivity index (χ2v) is 6.31. The molecule has 0 amide bonds. The minimum absolute atomic E-state index is 0.301. The van der Waals surface area contributed by atoms with Crippen LogP contribution in [-0.2, 0) is 4.74 Å². The van der Waals surface area contributed by atoms with Gasteiger partial charge in [0, 0.05) is 28.4 Å². The Hall–Kier alpha value is -2.17. The van der Waals surface area contributed by atoms with Crippen molar-refractivity contribution in [3.8, 4) is 0 Å². The van der Waals surface area contributed by atoms with E-state index >= 15 is 0 Å². The summed E-state index contributed by atoms with van der Waals surface area (Å²) < 4.78 is 6.13. The summed E-state index contributed by atoms with van der Waals surface area (Å²) in [4.78, 5) is 16.9. The fourth-order valence-electron chi connectivity index (χ4n) is 2.24. The lowest BCUT2D eigenvalue weighted by Crippen LogP contribution is -2.03. The van der Waals surface area contributed by atoms with E-state index in [4.69, 9.17) is 16.3 Å². The van der Waals surface area contributed by atoms with E-state index in [0.717, 1.165) is 21.2 Å². The normalized spacial score (nSPS) is 11.2. The first-order chi connectivity index (χ1) is 11.2. The second kappa shape index (κ2) is 6.94. The maximum absolute atomic E-state index is 12.2. The third-order valence-electron chi connectivity index (χ3n) is 3.30. The van der Waals surface area contributed by atoms with Crippen molar-refractivity contribution in [3.63, 3.8) is 0 Å². The zero-order chi connectivity index (χ0) is 16.2. The molecule has 0 saturated heterocycles. The second-order valence-electron chi connectivity index (χ2n) is 4.82. The van der Waals surface area contributed by atoms with Crippen LogP contribution >= 0.6 is 22.9 Å². The molecule has 0 aliphatic heterocycles. The maximum atomic E-state index is 12.2. The summed E-state index contributed by atoms with van der Waals surface area (Å²) in [5, 5.41) is 1.69. The molecule has 0 aliphatic carbocycles. The van der Waals surface area contributed by atoms with E-state index in [2.05, 4.69) is 4.98 Å². The fraction of sp³-hybridized carbons (Fsp3) is 0.111. The van der Waals surface area contributed by atoms with Crippen LogP contribution in [0.5, 0.6) is 0 Å². The van der Waals surface area contributed by atoms with Crippen LogP contribution in [-0.4, -0.2) is 17.6 Å². The molecule has 0 fully saturated rings. The molecule has 3 nitrogen and oxygen atoms in total. The number of hydrogen-bond donors (Lipinski definition) is 0. The third kappa shape index (κ3) is 3.44. The van der Waals surface area contributed by atoms with Gasteiger partial charge in [-0.15, -0.1) is 11.3 Å². The largest absolute Gasteiger partial charge is 0.462 e. The van der Waals surface area contributed by atoms with Gasteiger partial charge in [0.25, 0.3) is 0 Å². The van der Waals surface area contributed by atoms with Gasteiger partial charge in [-0.3, -0.25) is 4.98 Å². The van der Waals surface area contributed by atoms with Crippen molar-refractivity contribution < 1.29 is 9.53 Å². The zero-order valence-corrected chi connectivity index (χ0v) is 14.0. The van der Waals surface area contributed by atoms with Crippen LogP contribution in [0.3, 0.4) is 0 Å². The summed E-state index contributed by atoms with van der Waals surface area (Å²) in [5.74, 6) is -0.301. The van der Waals surface area contributed by atoms with Gasteiger partial charge in [-0.25, -0.2) is 4.79 Å². The van der Waals surface area contributed by atoms with Crippen molar-refractivity contribution in [1.29, 1.82) is 0 Å². The average Bonchev–Trinajstić information content (AvgIpc) is 2.93. The Morgan fingerprint density at radius 2 is 2.04 bits per heavy atom. The van der Waals surface area contributed by atoms with Crippen molar-refractivity contribution in [2.75, 3.05) is 6.61 Å². The molecule has 0 unspecified atom stereocenters. The number of nitrogens with zero attached hydrogens (tertiary/aromatic N) is 1. The molecule has 0 bridgehead atoms. The van der Waals surface area contributed by atoms with Crippen LogP contribution in [0.1, 0.15) is 27.7 Å². The molecule has 23 heavy (non-hydrogen) atoms. The average molecular weight is 344 g/mol. The molecule has 0 atom stereocenters. The lowest BCUT2D eigenvalue weighted by atomic mass is 10.1. The Kier molecular flexibility index (Phi) is 4.74. The highest BCUT2D eigenvalue weighted by molar-refractivity contribution is 7.21. The van der Waals surface area contributed by atoms with E-state index in [-0.39, 0.29) is 5.97 Å². The molecule has 5 heteroatoms. The number of hydrogen-bond acceptors (Lipinski definition) is 4. The third-order valence-corrected chi connectivity index (χ3v) is 4.69. The summed E-state index contributed by atoms with van der Waals surface area (Å²) in [7, 11) is 0. The number of rotatable bonds is 4. The molecule has 0 radical (unpaired) electrons. The first-order valence-electron chi connectivity index (χ1n) is 7.16. The number of halogens is 1. The first kappa shape index (κ1) is 15.7. The lowest BCUT2D eigenvalue weighted by Gasteiger charge is -2.01. The highest BCUT2D eigenvalue weighted by atomic mass is 35.5. The molecule has 116 valence electrons. The van der Waals surface area contributed by atoms with Crippen molar-refractivity contribution >= 4 is 51.1 Å².